The number of hydrogen-bond donors (Lipinski definition) is 1. The minimum absolute atomic E-state index is 0.0273. The molecule has 9 heteroatoms. The standard InChI is InChI=1S/C20H28N6O3/c27-20(21-14-18-17-5-2-1-4-16(17)7-11-29-18)6-3-8-26-19(22-23-24-26)15-25-9-12-28-13-10-25/h1-2,4-5,18H,3,6-15H2,(H,21,27)/t18-/m1/s1. The SMILES string of the molecule is O=C(CCCn1nnnc1CN1CCOCC1)NC[C@H]1OCCc2ccccc21. The van der Waals surface area contributed by atoms with Crippen LogP contribution in [0.4, 0.5) is 0 Å². The van der Waals surface area contributed by atoms with Crippen LogP contribution in [0.15, 0.2) is 24.3 Å². The molecule has 0 aliphatic carbocycles. The monoisotopic (exact) mass is 400 g/mol. The molecule has 29 heavy (non-hydrogen) atoms. The molecule has 1 aromatic heterocycles. The lowest BCUT2D eigenvalue weighted by Gasteiger charge is -2.26. The van der Waals surface area contributed by atoms with E-state index in [4.69, 9.17) is 9.47 Å². The molecule has 2 aliphatic heterocycles. The number of rotatable bonds is 8. The molecule has 2 aromatic rings. The number of amides is 1. The third-order valence-corrected chi connectivity index (χ3v) is 5.43. The van der Waals surface area contributed by atoms with Gasteiger partial charge in [-0.2, -0.15) is 0 Å². The zero-order valence-corrected chi connectivity index (χ0v) is 16.6. The van der Waals surface area contributed by atoms with E-state index in [0.717, 1.165) is 38.5 Å². The Morgan fingerprint density at radius 2 is 2.07 bits per heavy atom. The van der Waals surface area contributed by atoms with Crippen LogP contribution in [0.5, 0.6) is 0 Å². The van der Waals surface area contributed by atoms with E-state index in [2.05, 4.69) is 37.9 Å². The minimum Gasteiger partial charge on any atom is -0.379 e. The summed E-state index contributed by atoms with van der Waals surface area (Å²) >= 11 is 0. The van der Waals surface area contributed by atoms with Gasteiger partial charge in [0, 0.05) is 32.6 Å². The molecule has 9 nitrogen and oxygen atoms in total. The molecule has 1 amide bonds. The first-order chi connectivity index (χ1) is 14.3. The third-order valence-electron chi connectivity index (χ3n) is 5.43. The molecular formula is C20H28N6O3. The predicted molar refractivity (Wildman–Crippen MR) is 105 cm³/mol. The van der Waals surface area contributed by atoms with Crippen molar-refractivity contribution in [2.24, 2.45) is 0 Å². The lowest BCUT2D eigenvalue weighted by Crippen LogP contribution is -2.36. The molecule has 1 fully saturated rings. The average molecular weight is 400 g/mol. The predicted octanol–water partition coefficient (Wildman–Crippen LogP) is 0.716. The smallest absolute Gasteiger partial charge is 0.220 e. The Balaban J connectivity index is 1.20. The number of morpholine rings is 1. The lowest BCUT2D eigenvalue weighted by atomic mass is 9.97. The molecule has 2 aliphatic rings. The van der Waals surface area contributed by atoms with Crippen molar-refractivity contribution in [1.82, 2.24) is 30.4 Å². The number of fused-ring (bicyclic) bond motifs is 1. The van der Waals surface area contributed by atoms with Crippen LogP contribution in [0.1, 0.15) is 35.9 Å². The summed E-state index contributed by atoms with van der Waals surface area (Å²) in [5.74, 6) is 0.860. The summed E-state index contributed by atoms with van der Waals surface area (Å²) in [6.45, 7) is 5.81. The van der Waals surface area contributed by atoms with Gasteiger partial charge in [0.05, 0.1) is 26.4 Å². The first-order valence-electron chi connectivity index (χ1n) is 10.3. The molecule has 3 heterocycles. The molecule has 0 radical (unpaired) electrons. The quantitative estimate of drug-likeness (QED) is 0.698. The van der Waals surface area contributed by atoms with Crippen LogP contribution in [-0.4, -0.2) is 70.5 Å². The van der Waals surface area contributed by atoms with Crippen molar-refractivity contribution < 1.29 is 14.3 Å². The fourth-order valence-electron chi connectivity index (χ4n) is 3.80. The highest BCUT2D eigenvalue weighted by molar-refractivity contribution is 5.75. The highest BCUT2D eigenvalue weighted by Crippen LogP contribution is 2.26. The van der Waals surface area contributed by atoms with Crippen LogP contribution in [0.3, 0.4) is 0 Å². The summed E-state index contributed by atoms with van der Waals surface area (Å²) in [4.78, 5) is 14.6. The van der Waals surface area contributed by atoms with Crippen LogP contribution < -0.4 is 5.32 Å². The zero-order valence-electron chi connectivity index (χ0n) is 16.6. The highest BCUT2D eigenvalue weighted by atomic mass is 16.5. The van der Waals surface area contributed by atoms with Crippen LogP contribution in [-0.2, 0) is 33.8 Å². The molecule has 0 bridgehead atoms. The molecule has 0 spiro atoms. The third kappa shape index (κ3) is 5.37. The maximum Gasteiger partial charge on any atom is 0.220 e. The number of benzene rings is 1. The van der Waals surface area contributed by atoms with Gasteiger partial charge in [0.2, 0.25) is 5.91 Å². The summed E-state index contributed by atoms with van der Waals surface area (Å²) in [7, 11) is 0. The van der Waals surface area contributed by atoms with Crippen molar-refractivity contribution in [3.63, 3.8) is 0 Å². The van der Waals surface area contributed by atoms with Gasteiger partial charge >= 0.3 is 0 Å². The van der Waals surface area contributed by atoms with Crippen molar-refractivity contribution in [1.29, 1.82) is 0 Å². The summed E-state index contributed by atoms with van der Waals surface area (Å²) in [5.41, 5.74) is 2.49. The number of aromatic nitrogens is 4. The van der Waals surface area contributed by atoms with Crippen molar-refractivity contribution in [3.8, 4) is 0 Å². The first kappa shape index (κ1) is 19.9. The Hall–Kier alpha value is -2.36. The number of nitrogens with one attached hydrogen (secondary N) is 1. The molecular weight excluding hydrogens is 372 g/mol. The molecule has 4 rings (SSSR count). The van der Waals surface area contributed by atoms with Crippen molar-refractivity contribution in [2.45, 2.75) is 38.5 Å². The van der Waals surface area contributed by atoms with Gasteiger partial charge in [-0.15, -0.1) is 5.10 Å². The second-order valence-electron chi connectivity index (χ2n) is 7.42. The van der Waals surface area contributed by atoms with Gasteiger partial charge in [0.1, 0.15) is 6.10 Å². The zero-order chi connectivity index (χ0) is 19.9. The van der Waals surface area contributed by atoms with Crippen LogP contribution >= 0.6 is 0 Å². The summed E-state index contributed by atoms with van der Waals surface area (Å²) in [5, 5.41) is 15.0. The molecule has 1 saturated heterocycles. The molecule has 0 saturated carbocycles. The van der Waals surface area contributed by atoms with Crippen LogP contribution in [0.25, 0.3) is 0 Å². The van der Waals surface area contributed by atoms with E-state index in [-0.39, 0.29) is 12.0 Å². The van der Waals surface area contributed by atoms with E-state index in [0.29, 0.717) is 39.1 Å². The fraction of sp³-hybridized carbons (Fsp3) is 0.600. The molecule has 156 valence electrons. The Labute approximate surface area is 170 Å². The van der Waals surface area contributed by atoms with Crippen LogP contribution in [0, 0.1) is 0 Å². The summed E-state index contributed by atoms with van der Waals surface area (Å²) < 4.78 is 13.0. The summed E-state index contributed by atoms with van der Waals surface area (Å²) in [6.07, 6.45) is 1.99. The first-order valence-corrected chi connectivity index (χ1v) is 10.3. The number of nitrogens with zero attached hydrogens (tertiary/aromatic N) is 5. The van der Waals surface area contributed by atoms with Gasteiger partial charge in [-0.1, -0.05) is 24.3 Å². The second kappa shape index (κ2) is 9.91. The van der Waals surface area contributed by atoms with E-state index < -0.39 is 0 Å². The van der Waals surface area contributed by atoms with Gasteiger partial charge in [-0.05, 0) is 34.4 Å². The fourth-order valence-corrected chi connectivity index (χ4v) is 3.80. The molecule has 1 atom stereocenters. The van der Waals surface area contributed by atoms with E-state index in [1.165, 1.54) is 11.1 Å². The Morgan fingerprint density at radius 1 is 1.21 bits per heavy atom. The van der Waals surface area contributed by atoms with E-state index in [1.807, 2.05) is 12.1 Å². The van der Waals surface area contributed by atoms with E-state index >= 15 is 0 Å². The highest BCUT2D eigenvalue weighted by Gasteiger charge is 2.21. The van der Waals surface area contributed by atoms with Gasteiger partial charge in [0.25, 0.3) is 0 Å². The van der Waals surface area contributed by atoms with Gasteiger partial charge in [-0.3, -0.25) is 9.69 Å². The van der Waals surface area contributed by atoms with Crippen molar-refractivity contribution >= 4 is 5.91 Å². The molecule has 1 aromatic carbocycles. The topological polar surface area (TPSA) is 94.4 Å². The van der Waals surface area contributed by atoms with E-state index in [1.54, 1.807) is 4.68 Å². The number of carbonyl (C=O) groups is 1. The van der Waals surface area contributed by atoms with E-state index in [9.17, 15) is 4.79 Å². The minimum atomic E-state index is -0.0662. The van der Waals surface area contributed by atoms with Gasteiger partial charge in [0.15, 0.2) is 5.82 Å². The summed E-state index contributed by atoms with van der Waals surface area (Å²) in [6, 6.07) is 8.28. The number of ether oxygens (including phenoxy) is 2. The molecule has 0 unspecified atom stereocenters. The van der Waals surface area contributed by atoms with Crippen molar-refractivity contribution in [2.75, 3.05) is 39.5 Å². The number of tetrazole rings is 1. The number of carbonyl (C=O) groups excluding carboxylic acids is 1. The number of hydrogen-bond acceptors (Lipinski definition) is 7. The lowest BCUT2D eigenvalue weighted by molar-refractivity contribution is -0.122. The largest absolute Gasteiger partial charge is 0.379 e. The Bertz CT molecular complexity index is 805. The average Bonchev–Trinajstić information content (AvgIpc) is 3.20. The normalized spacial score (nSPS) is 19.7. The number of aryl methyl sites for hydroxylation is 1. The Morgan fingerprint density at radius 3 is 2.97 bits per heavy atom. The second-order valence-corrected chi connectivity index (χ2v) is 7.42. The Kier molecular flexibility index (Phi) is 6.81. The van der Waals surface area contributed by atoms with Crippen molar-refractivity contribution in [3.05, 3.63) is 41.2 Å². The van der Waals surface area contributed by atoms with Crippen LogP contribution in [0.2, 0.25) is 0 Å². The maximum atomic E-state index is 12.3. The van der Waals surface area contributed by atoms with Gasteiger partial charge < -0.3 is 14.8 Å². The molecule has 1 N–H and O–H groups in total. The maximum absolute atomic E-state index is 12.3. The van der Waals surface area contributed by atoms with Gasteiger partial charge in [-0.25, -0.2) is 4.68 Å².